The number of nitro groups is 2. The number of rotatable bonds is 6. The topological polar surface area (TPSA) is 136 Å². The van der Waals surface area contributed by atoms with Crippen LogP contribution in [0.1, 0.15) is 5.56 Å². The second kappa shape index (κ2) is 7.84. The average Bonchev–Trinajstić information content (AvgIpc) is 2.65. The Balaban J connectivity index is 2.00. The lowest BCUT2D eigenvalue weighted by atomic mass is 10.2. The van der Waals surface area contributed by atoms with Crippen LogP contribution in [0.15, 0.2) is 48.8 Å². The van der Waals surface area contributed by atoms with Gasteiger partial charge in [-0.25, -0.2) is 9.97 Å². The molecule has 142 valence electrons. The largest absolute Gasteiger partial charge is 0.353 e. The van der Waals surface area contributed by atoms with Crippen molar-refractivity contribution in [3.63, 3.8) is 0 Å². The van der Waals surface area contributed by atoms with Crippen molar-refractivity contribution >= 4 is 46.0 Å². The van der Waals surface area contributed by atoms with Crippen LogP contribution in [-0.4, -0.2) is 19.8 Å². The molecular formula is C17H13ClN6O4. The quantitative estimate of drug-likeness (QED) is 0.447. The molecule has 0 radical (unpaired) electrons. The third-order valence-corrected chi connectivity index (χ3v) is 4.01. The zero-order valence-corrected chi connectivity index (χ0v) is 15.2. The Bertz CT molecular complexity index is 1080. The van der Waals surface area contributed by atoms with Crippen LogP contribution in [0, 0.1) is 27.2 Å². The van der Waals surface area contributed by atoms with Gasteiger partial charge in [-0.05, 0) is 30.7 Å². The molecule has 0 saturated heterocycles. The monoisotopic (exact) mass is 400 g/mol. The normalized spacial score (nSPS) is 10.4. The standard InChI is InChI=1S/C17H13ClN6O4/c1-10-5-6-11(18)7-14(10)22-17-15(24(27)28)16(19-9-20-17)21-12-3-2-4-13(8-12)23(25)26/h2-9H,1H3,(H2,19,20,21,22). The molecular weight excluding hydrogens is 388 g/mol. The number of anilines is 4. The second-order valence-electron chi connectivity index (χ2n) is 5.69. The number of aryl methyl sites for hydroxylation is 1. The Morgan fingerprint density at radius 2 is 1.68 bits per heavy atom. The van der Waals surface area contributed by atoms with E-state index in [2.05, 4.69) is 20.6 Å². The molecule has 0 amide bonds. The maximum Gasteiger partial charge on any atom is 0.353 e. The highest BCUT2D eigenvalue weighted by atomic mass is 35.5. The van der Waals surface area contributed by atoms with Crippen LogP contribution in [0.4, 0.5) is 34.4 Å². The summed E-state index contributed by atoms with van der Waals surface area (Å²) in [5.41, 5.74) is 1.07. The molecule has 0 aliphatic heterocycles. The van der Waals surface area contributed by atoms with Crippen LogP contribution in [0.5, 0.6) is 0 Å². The van der Waals surface area contributed by atoms with Crippen LogP contribution in [-0.2, 0) is 0 Å². The molecule has 0 spiro atoms. The molecule has 2 N–H and O–H groups in total. The van der Waals surface area contributed by atoms with Gasteiger partial charge in [0.1, 0.15) is 6.33 Å². The lowest BCUT2D eigenvalue weighted by molar-refractivity contribution is -0.384. The summed E-state index contributed by atoms with van der Waals surface area (Å²) in [5.74, 6) is -0.152. The molecule has 28 heavy (non-hydrogen) atoms. The van der Waals surface area contributed by atoms with Gasteiger partial charge >= 0.3 is 5.69 Å². The Hall–Kier alpha value is -3.79. The molecule has 2 aromatic carbocycles. The summed E-state index contributed by atoms with van der Waals surface area (Å²) in [6.07, 6.45) is 1.15. The Morgan fingerprint density at radius 1 is 0.964 bits per heavy atom. The van der Waals surface area contributed by atoms with Crippen molar-refractivity contribution in [2.75, 3.05) is 10.6 Å². The highest BCUT2D eigenvalue weighted by Gasteiger charge is 2.24. The number of nitro benzene ring substituents is 1. The van der Waals surface area contributed by atoms with E-state index in [1.807, 2.05) is 6.92 Å². The van der Waals surface area contributed by atoms with E-state index < -0.39 is 15.5 Å². The average molecular weight is 401 g/mol. The van der Waals surface area contributed by atoms with Gasteiger partial charge < -0.3 is 10.6 Å². The summed E-state index contributed by atoms with van der Waals surface area (Å²) >= 11 is 5.99. The smallest absolute Gasteiger partial charge is 0.334 e. The zero-order chi connectivity index (χ0) is 20.3. The van der Waals surface area contributed by atoms with E-state index in [0.29, 0.717) is 10.7 Å². The highest BCUT2D eigenvalue weighted by molar-refractivity contribution is 6.30. The summed E-state index contributed by atoms with van der Waals surface area (Å²) in [6.45, 7) is 1.81. The van der Waals surface area contributed by atoms with Gasteiger partial charge in [-0.1, -0.05) is 23.7 Å². The molecule has 3 aromatic rings. The number of nitrogens with zero attached hydrogens (tertiary/aromatic N) is 4. The van der Waals surface area contributed by atoms with Crippen molar-refractivity contribution in [2.45, 2.75) is 6.92 Å². The maximum absolute atomic E-state index is 11.7. The first-order valence-corrected chi connectivity index (χ1v) is 8.27. The zero-order valence-electron chi connectivity index (χ0n) is 14.4. The highest BCUT2D eigenvalue weighted by Crippen LogP contribution is 2.34. The number of nitrogens with one attached hydrogen (secondary N) is 2. The molecule has 0 fully saturated rings. The van der Waals surface area contributed by atoms with Crippen LogP contribution >= 0.6 is 11.6 Å². The maximum atomic E-state index is 11.7. The van der Waals surface area contributed by atoms with E-state index >= 15 is 0 Å². The molecule has 0 aliphatic carbocycles. The lowest BCUT2D eigenvalue weighted by Crippen LogP contribution is -2.06. The van der Waals surface area contributed by atoms with Gasteiger partial charge in [0, 0.05) is 28.5 Å². The molecule has 1 aromatic heterocycles. The van der Waals surface area contributed by atoms with E-state index in [-0.39, 0.29) is 23.0 Å². The lowest BCUT2D eigenvalue weighted by Gasteiger charge is -2.12. The number of non-ortho nitro benzene ring substituents is 1. The van der Waals surface area contributed by atoms with E-state index in [9.17, 15) is 20.2 Å². The van der Waals surface area contributed by atoms with E-state index in [4.69, 9.17) is 11.6 Å². The molecule has 0 bridgehead atoms. The van der Waals surface area contributed by atoms with Crippen LogP contribution in [0.3, 0.4) is 0 Å². The van der Waals surface area contributed by atoms with Crippen LogP contribution in [0.25, 0.3) is 0 Å². The summed E-state index contributed by atoms with van der Waals surface area (Å²) in [4.78, 5) is 29.3. The van der Waals surface area contributed by atoms with Crippen LogP contribution < -0.4 is 10.6 Å². The molecule has 10 nitrogen and oxygen atoms in total. The minimum absolute atomic E-state index is 0.0432. The van der Waals surface area contributed by atoms with Gasteiger partial charge in [0.25, 0.3) is 5.69 Å². The van der Waals surface area contributed by atoms with Gasteiger partial charge in [0.2, 0.25) is 11.6 Å². The van der Waals surface area contributed by atoms with E-state index in [1.54, 1.807) is 18.2 Å². The predicted molar refractivity (Wildman–Crippen MR) is 105 cm³/mol. The third-order valence-electron chi connectivity index (χ3n) is 3.78. The first-order valence-electron chi connectivity index (χ1n) is 7.89. The van der Waals surface area contributed by atoms with Gasteiger partial charge in [0.15, 0.2) is 0 Å². The Labute approximate surface area is 163 Å². The van der Waals surface area contributed by atoms with Crippen molar-refractivity contribution < 1.29 is 9.85 Å². The predicted octanol–water partition coefficient (Wildman–Crippen LogP) is 4.74. The number of halogens is 1. The Morgan fingerprint density at radius 3 is 2.36 bits per heavy atom. The minimum atomic E-state index is -0.637. The van der Waals surface area contributed by atoms with Gasteiger partial charge in [-0.15, -0.1) is 0 Å². The molecule has 0 aliphatic rings. The van der Waals surface area contributed by atoms with Crippen molar-refractivity contribution in [3.8, 4) is 0 Å². The summed E-state index contributed by atoms with van der Waals surface area (Å²) < 4.78 is 0. The second-order valence-corrected chi connectivity index (χ2v) is 6.13. The van der Waals surface area contributed by atoms with Crippen molar-refractivity contribution in [3.05, 3.63) is 79.6 Å². The number of aromatic nitrogens is 2. The molecule has 0 saturated carbocycles. The SMILES string of the molecule is Cc1ccc(Cl)cc1Nc1ncnc(Nc2cccc([N+](=O)[O-])c2)c1[N+](=O)[O-]. The first kappa shape index (κ1) is 19.0. The van der Waals surface area contributed by atoms with Gasteiger partial charge in [0.05, 0.1) is 9.85 Å². The Kier molecular flexibility index (Phi) is 5.32. The summed E-state index contributed by atoms with van der Waals surface area (Å²) in [7, 11) is 0. The fourth-order valence-corrected chi connectivity index (χ4v) is 2.60. The van der Waals surface area contributed by atoms with Crippen molar-refractivity contribution in [1.29, 1.82) is 0 Å². The molecule has 0 atom stereocenters. The van der Waals surface area contributed by atoms with Gasteiger partial charge in [-0.2, -0.15) is 0 Å². The van der Waals surface area contributed by atoms with Crippen molar-refractivity contribution in [1.82, 2.24) is 9.97 Å². The fraction of sp³-hybridized carbons (Fsp3) is 0.0588. The molecule has 3 rings (SSSR count). The molecule has 0 unspecified atom stereocenters. The first-order chi connectivity index (χ1) is 13.3. The number of hydrogen-bond acceptors (Lipinski definition) is 8. The van der Waals surface area contributed by atoms with E-state index in [1.165, 1.54) is 24.3 Å². The number of benzene rings is 2. The number of hydrogen-bond donors (Lipinski definition) is 2. The summed E-state index contributed by atoms with van der Waals surface area (Å²) in [6, 6.07) is 10.6. The van der Waals surface area contributed by atoms with Gasteiger partial charge in [-0.3, -0.25) is 20.2 Å². The third kappa shape index (κ3) is 4.13. The van der Waals surface area contributed by atoms with E-state index in [0.717, 1.165) is 11.9 Å². The van der Waals surface area contributed by atoms with Crippen molar-refractivity contribution in [2.24, 2.45) is 0 Å². The molecule has 1 heterocycles. The fourth-order valence-electron chi connectivity index (χ4n) is 2.43. The van der Waals surface area contributed by atoms with Crippen LogP contribution in [0.2, 0.25) is 5.02 Å². The summed E-state index contributed by atoms with van der Waals surface area (Å²) in [5, 5.41) is 28.7. The molecule has 11 heteroatoms. The minimum Gasteiger partial charge on any atom is -0.334 e.